The molecule has 2 aliphatic carbocycles. The van der Waals surface area contributed by atoms with Crippen molar-refractivity contribution in [2.45, 2.75) is 12.8 Å². The van der Waals surface area contributed by atoms with Gasteiger partial charge in [-0.05, 0) is 0 Å². The first-order valence-corrected chi connectivity index (χ1v) is 5.34. The molecule has 0 nitrogen and oxygen atoms in total. The SMILES string of the molecule is [C-]1=CC=CC1.[C-]1=CC=CC1.[H-].[Zr+4].[c-]1ccccc1. The molecule has 0 aliphatic heterocycles. The van der Waals surface area contributed by atoms with Crippen molar-refractivity contribution in [3.8, 4) is 0 Å². The summed E-state index contributed by atoms with van der Waals surface area (Å²) in [6, 6.07) is 12.5. The summed E-state index contributed by atoms with van der Waals surface area (Å²) in [4.78, 5) is 0. The first-order valence-electron chi connectivity index (χ1n) is 5.34. The molecule has 0 N–H and O–H groups in total. The third kappa shape index (κ3) is 11.3. The standard InChI is InChI=1S/C6H5.2C5H5.Zr.H/c1-2-4-6-5-3-1;2*1-2-4-5-3-1;;/h1-5H;2*1-3H,4H2;;/q3*-1;+4;-1. The van der Waals surface area contributed by atoms with Crippen molar-refractivity contribution in [3.63, 3.8) is 0 Å². The molecular formula is C16H16Zr. The maximum atomic E-state index is 2.99. The van der Waals surface area contributed by atoms with Gasteiger partial charge in [0.1, 0.15) is 0 Å². The smallest absolute Gasteiger partial charge is 1.00 e. The van der Waals surface area contributed by atoms with Crippen molar-refractivity contribution < 1.29 is 27.6 Å². The second-order valence-corrected chi connectivity index (χ2v) is 3.08. The summed E-state index contributed by atoms with van der Waals surface area (Å²) in [5, 5.41) is 0. The van der Waals surface area contributed by atoms with E-state index in [0.717, 1.165) is 12.8 Å². The van der Waals surface area contributed by atoms with Crippen LogP contribution >= 0.6 is 0 Å². The Balaban J connectivity index is 0. The number of allylic oxidation sites excluding steroid dienone is 8. The second-order valence-electron chi connectivity index (χ2n) is 3.08. The van der Waals surface area contributed by atoms with Gasteiger partial charge in [0.25, 0.3) is 0 Å². The Morgan fingerprint density at radius 3 is 1.41 bits per heavy atom. The van der Waals surface area contributed by atoms with E-state index in [2.05, 4.69) is 30.4 Å². The molecule has 0 heterocycles. The fraction of sp³-hybridized carbons (Fsp3) is 0.125. The van der Waals surface area contributed by atoms with Crippen molar-refractivity contribution in [2.75, 3.05) is 0 Å². The summed E-state index contributed by atoms with van der Waals surface area (Å²) in [6.07, 6.45) is 20.0. The van der Waals surface area contributed by atoms with E-state index >= 15 is 0 Å². The predicted molar refractivity (Wildman–Crippen MR) is 69.5 cm³/mol. The van der Waals surface area contributed by atoms with Crippen LogP contribution in [0.4, 0.5) is 0 Å². The molecule has 0 saturated heterocycles. The van der Waals surface area contributed by atoms with Crippen molar-refractivity contribution in [1.82, 2.24) is 0 Å². The maximum absolute atomic E-state index is 2.99. The zero-order valence-corrected chi connectivity index (χ0v) is 12.2. The van der Waals surface area contributed by atoms with E-state index in [1.807, 2.05) is 54.6 Å². The summed E-state index contributed by atoms with van der Waals surface area (Å²) < 4.78 is 0. The molecule has 84 valence electrons. The molecule has 0 saturated carbocycles. The molecule has 0 unspecified atom stereocenters. The zero-order valence-electron chi connectivity index (χ0n) is 10.8. The van der Waals surface area contributed by atoms with Crippen LogP contribution in [0.15, 0.2) is 66.8 Å². The van der Waals surface area contributed by atoms with Crippen LogP contribution in [0.2, 0.25) is 0 Å². The quantitative estimate of drug-likeness (QED) is 0.630. The fourth-order valence-electron chi connectivity index (χ4n) is 1.02. The fourth-order valence-corrected chi connectivity index (χ4v) is 1.02. The molecule has 0 spiro atoms. The van der Waals surface area contributed by atoms with Crippen LogP contribution < -0.4 is 0 Å². The van der Waals surface area contributed by atoms with E-state index in [1.165, 1.54) is 0 Å². The molecule has 17 heavy (non-hydrogen) atoms. The van der Waals surface area contributed by atoms with Gasteiger partial charge >= 0.3 is 26.2 Å². The van der Waals surface area contributed by atoms with E-state index in [0.29, 0.717) is 0 Å². The average Bonchev–Trinajstić information content (AvgIpc) is 3.10. The molecular weight excluding hydrogens is 283 g/mol. The summed E-state index contributed by atoms with van der Waals surface area (Å²) >= 11 is 0. The third-order valence-corrected chi connectivity index (χ3v) is 1.78. The van der Waals surface area contributed by atoms with Gasteiger partial charge in [0.15, 0.2) is 0 Å². The van der Waals surface area contributed by atoms with Gasteiger partial charge in [-0.15, -0.1) is 12.8 Å². The van der Waals surface area contributed by atoms with E-state index in [4.69, 9.17) is 0 Å². The molecule has 1 aromatic rings. The van der Waals surface area contributed by atoms with Gasteiger partial charge < -0.3 is 1.43 Å². The molecule has 0 aromatic heterocycles. The number of rotatable bonds is 0. The first kappa shape index (κ1) is 16.1. The Morgan fingerprint density at radius 2 is 1.29 bits per heavy atom. The number of hydrogen-bond donors (Lipinski definition) is 0. The maximum Gasteiger partial charge on any atom is 4.00 e. The molecule has 0 bridgehead atoms. The minimum Gasteiger partial charge on any atom is -1.00 e. The summed E-state index contributed by atoms with van der Waals surface area (Å²) in [7, 11) is 0. The van der Waals surface area contributed by atoms with Crippen LogP contribution in [-0.4, -0.2) is 0 Å². The van der Waals surface area contributed by atoms with E-state index < -0.39 is 0 Å². The van der Waals surface area contributed by atoms with Crippen LogP contribution in [0.5, 0.6) is 0 Å². The predicted octanol–water partition coefficient (Wildman–Crippen LogP) is 4.21. The topological polar surface area (TPSA) is 0 Å². The van der Waals surface area contributed by atoms with Crippen LogP contribution in [0.1, 0.15) is 14.3 Å². The van der Waals surface area contributed by atoms with Crippen molar-refractivity contribution >= 4 is 0 Å². The van der Waals surface area contributed by atoms with Crippen molar-refractivity contribution in [1.29, 1.82) is 0 Å². The van der Waals surface area contributed by atoms with Gasteiger partial charge in [-0.2, -0.15) is 48.6 Å². The molecule has 0 amide bonds. The summed E-state index contributed by atoms with van der Waals surface area (Å²) in [5.41, 5.74) is 0. The molecule has 0 fully saturated rings. The van der Waals surface area contributed by atoms with Crippen molar-refractivity contribution in [3.05, 3.63) is 85.0 Å². The molecule has 3 rings (SSSR count). The monoisotopic (exact) mass is 298 g/mol. The van der Waals surface area contributed by atoms with Crippen LogP contribution in [0.3, 0.4) is 0 Å². The van der Waals surface area contributed by atoms with Gasteiger partial charge in [-0.1, -0.05) is 0 Å². The number of benzene rings is 1. The van der Waals surface area contributed by atoms with Gasteiger partial charge in [0.05, 0.1) is 0 Å². The Labute approximate surface area is 125 Å². The van der Waals surface area contributed by atoms with Crippen molar-refractivity contribution in [2.24, 2.45) is 0 Å². The normalized spacial score (nSPS) is 13.2. The Kier molecular flexibility index (Phi) is 12.4. The first-order chi connectivity index (χ1) is 8.00. The summed E-state index contributed by atoms with van der Waals surface area (Å²) in [6.45, 7) is 0. The van der Waals surface area contributed by atoms with Crippen LogP contribution in [0.25, 0.3) is 0 Å². The van der Waals surface area contributed by atoms with E-state index in [9.17, 15) is 0 Å². The Morgan fingerprint density at radius 1 is 0.765 bits per heavy atom. The zero-order chi connectivity index (χ0) is 11.3. The van der Waals surface area contributed by atoms with E-state index in [1.54, 1.807) is 0 Å². The van der Waals surface area contributed by atoms with Gasteiger partial charge in [-0.3, -0.25) is 12.2 Å². The third-order valence-electron chi connectivity index (χ3n) is 1.78. The minimum atomic E-state index is 0. The summed E-state index contributed by atoms with van der Waals surface area (Å²) in [5.74, 6) is 0. The largest absolute Gasteiger partial charge is 4.00 e. The molecule has 0 radical (unpaired) electrons. The van der Waals surface area contributed by atoms with Crippen LogP contribution in [0, 0.1) is 18.2 Å². The Hall–Kier alpha value is -0.937. The number of hydrogen-bond acceptors (Lipinski definition) is 0. The van der Waals surface area contributed by atoms with Crippen LogP contribution in [-0.2, 0) is 26.2 Å². The Bertz CT molecular complexity index is 295. The molecule has 1 aromatic carbocycles. The van der Waals surface area contributed by atoms with Gasteiger partial charge in [-0.25, -0.2) is 24.3 Å². The minimum absolute atomic E-state index is 0. The van der Waals surface area contributed by atoms with Gasteiger partial charge in [0, 0.05) is 0 Å². The van der Waals surface area contributed by atoms with E-state index in [-0.39, 0.29) is 27.6 Å². The molecule has 2 aliphatic rings. The molecule has 1 heteroatoms. The molecule has 0 atom stereocenters. The van der Waals surface area contributed by atoms with Gasteiger partial charge in [0.2, 0.25) is 0 Å². The second kappa shape index (κ2) is 13.1. The average molecular weight is 300 g/mol.